The Balaban J connectivity index is 2.06. The third kappa shape index (κ3) is 3.65. The maximum Gasteiger partial charge on any atom is 0.222 e. The van der Waals surface area contributed by atoms with E-state index >= 15 is 0 Å². The number of carbonyl (C=O) groups excluding carboxylic acids is 1. The number of likely N-dealkylation sites (tertiary alicyclic amines) is 1. The van der Waals surface area contributed by atoms with Crippen LogP contribution in [0.1, 0.15) is 49.8 Å². The van der Waals surface area contributed by atoms with Crippen LogP contribution >= 0.6 is 0 Å². The van der Waals surface area contributed by atoms with Gasteiger partial charge in [-0.2, -0.15) is 0 Å². The lowest BCUT2D eigenvalue weighted by atomic mass is 9.88. The van der Waals surface area contributed by atoms with Crippen LogP contribution < -0.4 is 5.32 Å². The fourth-order valence-electron chi connectivity index (χ4n) is 3.35. The lowest BCUT2D eigenvalue weighted by molar-refractivity contribution is -0.123. The highest BCUT2D eigenvalue weighted by atomic mass is 16.1. The van der Waals surface area contributed by atoms with Crippen LogP contribution in [0, 0.1) is 13.8 Å². The summed E-state index contributed by atoms with van der Waals surface area (Å²) in [4.78, 5) is 14.7. The Hall–Kier alpha value is -1.35. The van der Waals surface area contributed by atoms with E-state index in [2.05, 4.69) is 63.2 Å². The Morgan fingerprint density at radius 2 is 2.10 bits per heavy atom. The minimum atomic E-state index is -0.329. The summed E-state index contributed by atoms with van der Waals surface area (Å²) in [6.07, 6.45) is 2.94. The Morgan fingerprint density at radius 1 is 1.38 bits per heavy atom. The average molecular weight is 288 g/mol. The van der Waals surface area contributed by atoms with Crippen molar-refractivity contribution in [1.82, 2.24) is 10.2 Å². The van der Waals surface area contributed by atoms with Crippen molar-refractivity contribution in [2.75, 3.05) is 13.6 Å². The molecule has 1 aliphatic rings. The van der Waals surface area contributed by atoms with Crippen molar-refractivity contribution in [2.24, 2.45) is 0 Å². The van der Waals surface area contributed by atoms with Gasteiger partial charge >= 0.3 is 0 Å². The molecule has 1 aromatic carbocycles. The van der Waals surface area contributed by atoms with Gasteiger partial charge < -0.3 is 10.2 Å². The van der Waals surface area contributed by atoms with Gasteiger partial charge in [0.25, 0.3) is 0 Å². The minimum Gasteiger partial charge on any atom is -0.347 e. The summed E-state index contributed by atoms with van der Waals surface area (Å²) in [5.74, 6) is 0.152. The zero-order valence-corrected chi connectivity index (χ0v) is 14.0. The maximum atomic E-state index is 12.4. The van der Waals surface area contributed by atoms with Crippen molar-refractivity contribution in [3.63, 3.8) is 0 Å². The van der Waals surface area contributed by atoms with Crippen LogP contribution in [0.3, 0.4) is 0 Å². The monoisotopic (exact) mass is 288 g/mol. The maximum absolute atomic E-state index is 12.4. The Morgan fingerprint density at radius 3 is 2.71 bits per heavy atom. The summed E-state index contributed by atoms with van der Waals surface area (Å²) in [5, 5.41) is 3.22. The van der Waals surface area contributed by atoms with Gasteiger partial charge in [-0.3, -0.25) is 4.79 Å². The Labute approximate surface area is 128 Å². The molecule has 0 unspecified atom stereocenters. The summed E-state index contributed by atoms with van der Waals surface area (Å²) >= 11 is 0. The second-order valence-electron chi connectivity index (χ2n) is 6.90. The highest BCUT2D eigenvalue weighted by Gasteiger charge is 2.28. The molecule has 0 radical (unpaired) electrons. The number of benzene rings is 1. The highest BCUT2D eigenvalue weighted by Crippen LogP contribution is 2.26. The first-order valence-corrected chi connectivity index (χ1v) is 7.89. The number of nitrogens with one attached hydrogen (secondary N) is 1. The zero-order chi connectivity index (χ0) is 15.6. The second kappa shape index (κ2) is 6.18. The van der Waals surface area contributed by atoms with Crippen LogP contribution in [-0.2, 0) is 10.3 Å². The molecule has 0 bridgehead atoms. The van der Waals surface area contributed by atoms with Crippen molar-refractivity contribution in [1.29, 1.82) is 0 Å². The fourth-order valence-corrected chi connectivity index (χ4v) is 3.35. The molecule has 1 N–H and O–H groups in total. The molecule has 0 aliphatic carbocycles. The van der Waals surface area contributed by atoms with E-state index in [9.17, 15) is 4.79 Å². The van der Waals surface area contributed by atoms with Crippen LogP contribution in [0.2, 0.25) is 0 Å². The molecule has 1 amide bonds. The summed E-state index contributed by atoms with van der Waals surface area (Å²) in [6, 6.07) is 6.70. The molecule has 1 aromatic rings. The van der Waals surface area contributed by atoms with Crippen molar-refractivity contribution in [2.45, 2.75) is 58.5 Å². The second-order valence-corrected chi connectivity index (χ2v) is 6.90. The van der Waals surface area contributed by atoms with Gasteiger partial charge in [0.05, 0.1) is 5.54 Å². The number of aryl methyl sites for hydroxylation is 1. The molecule has 0 spiro atoms. The molecule has 1 atom stereocenters. The molecule has 0 aromatic heterocycles. The van der Waals surface area contributed by atoms with Crippen molar-refractivity contribution in [3.05, 3.63) is 34.9 Å². The normalized spacial score (nSPS) is 19.8. The number of hydrogen-bond acceptors (Lipinski definition) is 2. The van der Waals surface area contributed by atoms with E-state index in [0.29, 0.717) is 12.5 Å². The first-order valence-electron chi connectivity index (χ1n) is 7.89. The third-order valence-corrected chi connectivity index (χ3v) is 4.82. The zero-order valence-electron chi connectivity index (χ0n) is 14.0. The number of hydrogen-bond donors (Lipinski definition) is 1. The number of rotatable bonds is 4. The van der Waals surface area contributed by atoms with E-state index in [-0.39, 0.29) is 11.4 Å². The predicted octanol–water partition coefficient (Wildman–Crippen LogP) is 3.14. The molecule has 116 valence electrons. The van der Waals surface area contributed by atoms with Crippen molar-refractivity contribution >= 4 is 5.91 Å². The number of amides is 1. The molecular formula is C18H28N2O. The van der Waals surface area contributed by atoms with Gasteiger partial charge in [0.2, 0.25) is 5.91 Å². The molecule has 1 aliphatic heterocycles. The predicted molar refractivity (Wildman–Crippen MR) is 87.4 cm³/mol. The van der Waals surface area contributed by atoms with Crippen LogP contribution in [0.4, 0.5) is 0 Å². The Kier molecular flexibility index (Phi) is 4.72. The topological polar surface area (TPSA) is 32.3 Å². The van der Waals surface area contributed by atoms with Gasteiger partial charge in [-0.25, -0.2) is 0 Å². The summed E-state index contributed by atoms with van der Waals surface area (Å²) < 4.78 is 0. The molecular weight excluding hydrogens is 260 g/mol. The lowest BCUT2D eigenvalue weighted by Crippen LogP contribution is -2.43. The van der Waals surface area contributed by atoms with Crippen LogP contribution in [-0.4, -0.2) is 30.4 Å². The van der Waals surface area contributed by atoms with Crippen LogP contribution in [0.25, 0.3) is 0 Å². The van der Waals surface area contributed by atoms with Gasteiger partial charge in [0, 0.05) is 12.5 Å². The molecule has 1 fully saturated rings. The molecule has 1 saturated heterocycles. The number of carbonyl (C=O) groups is 1. The van der Waals surface area contributed by atoms with Gasteiger partial charge in [-0.05, 0) is 70.8 Å². The van der Waals surface area contributed by atoms with Gasteiger partial charge in [0.1, 0.15) is 0 Å². The van der Waals surface area contributed by atoms with Gasteiger partial charge in [-0.15, -0.1) is 0 Å². The van der Waals surface area contributed by atoms with E-state index in [1.54, 1.807) is 0 Å². The van der Waals surface area contributed by atoms with Crippen molar-refractivity contribution < 1.29 is 4.79 Å². The number of nitrogens with zero attached hydrogens (tertiary/aromatic N) is 1. The lowest BCUT2D eigenvalue weighted by Gasteiger charge is -2.30. The Bertz CT molecular complexity index is 522. The molecule has 1 heterocycles. The molecule has 2 rings (SSSR count). The minimum absolute atomic E-state index is 0.152. The standard InChI is InChI=1S/C18H28N2O/c1-13-8-6-10-16(14(13)2)18(3,4)19-17(21)12-15-9-7-11-20(15)5/h6,8,10,15H,7,9,11-12H2,1-5H3,(H,19,21)/t15-/m0/s1. The van der Waals surface area contributed by atoms with Crippen LogP contribution in [0.15, 0.2) is 18.2 Å². The van der Waals surface area contributed by atoms with E-state index < -0.39 is 0 Å². The molecule has 3 nitrogen and oxygen atoms in total. The van der Waals surface area contributed by atoms with Gasteiger partial charge in [0.15, 0.2) is 0 Å². The quantitative estimate of drug-likeness (QED) is 0.923. The fraction of sp³-hybridized carbons (Fsp3) is 0.611. The highest BCUT2D eigenvalue weighted by molar-refractivity contribution is 5.77. The smallest absolute Gasteiger partial charge is 0.222 e. The first-order chi connectivity index (χ1) is 9.81. The third-order valence-electron chi connectivity index (χ3n) is 4.82. The average Bonchev–Trinajstić information content (AvgIpc) is 2.77. The van der Waals surface area contributed by atoms with Crippen LogP contribution in [0.5, 0.6) is 0 Å². The molecule has 21 heavy (non-hydrogen) atoms. The summed E-state index contributed by atoms with van der Waals surface area (Å²) in [5.41, 5.74) is 3.41. The van der Waals surface area contributed by atoms with E-state index in [4.69, 9.17) is 0 Å². The summed E-state index contributed by atoms with van der Waals surface area (Å²) in [6.45, 7) is 9.53. The first kappa shape index (κ1) is 16.0. The summed E-state index contributed by atoms with van der Waals surface area (Å²) in [7, 11) is 2.11. The van der Waals surface area contributed by atoms with E-state index in [0.717, 1.165) is 13.0 Å². The van der Waals surface area contributed by atoms with E-state index in [1.165, 1.54) is 23.1 Å². The van der Waals surface area contributed by atoms with Gasteiger partial charge in [-0.1, -0.05) is 18.2 Å². The largest absolute Gasteiger partial charge is 0.347 e. The molecule has 3 heteroatoms. The van der Waals surface area contributed by atoms with Crippen molar-refractivity contribution in [3.8, 4) is 0 Å². The SMILES string of the molecule is Cc1cccc(C(C)(C)NC(=O)C[C@@H]2CCCN2C)c1C. The van der Waals surface area contributed by atoms with E-state index in [1.807, 2.05) is 0 Å². The molecule has 0 saturated carbocycles.